The molecule has 0 radical (unpaired) electrons. The smallest absolute Gasteiger partial charge is 0.243 e. The molecule has 2 saturated heterocycles. The summed E-state index contributed by atoms with van der Waals surface area (Å²) in [6.45, 7) is 1.40. The summed E-state index contributed by atoms with van der Waals surface area (Å²) in [6, 6.07) is 22.7. The Morgan fingerprint density at radius 1 is 1.02 bits per heavy atom. The zero-order chi connectivity index (χ0) is 32.1. The monoisotopic (exact) mass is 654 g/mol. The number of piperidine rings is 1. The van der Waals surface area contributed by atoms with Gasteiger partial charge >= 0.3 is 0 Å². The number of ether oxygens (including phenoxy) is 2. The van der Waals surface area contributed by atoms with Crippen molar-refractivity contribution in [1.82, 2.24) is 14.3 Å². The molecular formula is C32H38N4O7S2. The van der Waals surface area contributed by atoms with Crippen LogP contribution in [-0.4, -0.2) is 83.9 Å². The summed E-state index contributed by atoms with van der Waals surface area (Å²) >= 11 is 0. The number of rotatable bonds is 12. The van der Waals surface area contributed by atoms with Gasteiger partial charge in [-0.15, -0.1) is 0 Å². The SMILES string of the molecule is CNS(=O)(=O)c1cccc(OC[C@@H](O)CNC2COC3(CCN(S(=O)(=O)c4cccc(-c5ccc(CC#N)cc5)c4)CC3)C2)c1. The van der Waals surface area contributed by atoms with Gasteiger partial charge in [0, 0.05) is 31.7 Å². The minimum atomic E-state index is -3.70. The largest absolute Gasteiger partial charge is 0.491 e. The van der Waals surface area contributed by atoms with E-state index >= 15 is 0 Å². The molecule has 2 atom stereocenters. The molecule has 2 heterocycles. The normalized spacial score (nSPS) is 19.3. The number of hydrogen-bond acceptors (Lipinski definition) is 9. The Hall–Kier alpha value is -3.35. The molecule has 0 bridgehead atoms. The number of nitrogens with one attached hydrogen (secondary N) is 2. The lowest BCUT2D eigenvalue weighted by Crippen LogP contribution is -2.47. The minimum Gasteiger partial charge on any atom is -0.491 e. The van der Waals surface area contributed by atoms with E-state index in [2.05, 4.69) is 16.1 Å². The summed E-state index contributed by atoms with van der Waals surface area (Å²) in [5.41, 5.74) is 2.17. The van der Waals surface area contributed by atoms with Crippen molar-refractivity contribution >= 4 is 20.0 Å². The Morgan fingerprint density at radius 3 is 2.44 bits per heavy atom. The summed E-state index contributed by atoms with van der Waals surface area (Å²) in [5.74, 6) is 0.340. The Kier molecular flexibility index (Phi) is 10.2. The van der Waals surface area contributed by atoms with E-state index < -0.39 is 31.8 Å². The van der Waals surface area contributed by atoms with E-state index in [-0.39, 0.29) is 29.0 Å². The van der Waals surface area contributed by atoms with Crippen LogP contribution in [0.3, 0.4) is 0 Å². The predicted octanol–water partition coefficient (Wildman–Crippen LogP) is 2.67. The lowest BCUT2D eigenvalue weighted by Gasteiger charge is -2.38. The van der Waals surface area contributed by atoms with Crippen LogP contribution >= 0.6 is 0 Å². The summed E-state index contributed by atoms with van der Waals surface area (Å²) < 4.78 is 66.7. The van der Waals surface area contributed by atoms with E-state index in [1.165, 1.54) is 23.5 Å². The van der Waals surface area contributed by atoms with Gasteiger partial charge in [0.15, 0.2) is 0 Å². The second kappa shape index (κ2) is 14.0. The van der Waals surface area contributed by atoms with E-state index in [0.29, 0.717) is 51.1 Å². The fourth-order valence-electron chi connectivity index (χ4n) is 5.75. The molecule has 1 unspecified atom stereocenters. The molecule has 13 heteroatoms. The maximum absolute atomic E-state index is 13.6. The molecule has 240 valence electrons. The van der Waals surface area contributed by atoms with Crippen molar-refractivity contribution in [2.45, 2.75) is 53.2 Å². The van der Waals surface area contributed by atoms with Gasteiger partial charge in [0.2, 0.25) is 20.0 Å². The van der Waals surface area contributed by atoms with Crippen molar-refractivity contribution in [1.29, 1.82) is 5.26 Å². The molecule has 5 rings (SSSR count). The molecule has 2 fully saturated rings. The van der Waals surface area contributed by atoms with Gasteiger partial charge in [-0.2, -0.15) is 9.57 Å². The fraction of sp³-hybridized carbons (Fsp3) is 0.406. The van der Waals surface area contributed by atoms with Crippen LogP contribution in [-0.2, 0) is 31.2 Å². The summed E-state index contributed by atoms with van der Waals surface area (Å²) in [5, 5.41) is 22.7. The maximum atomic E-state index is 13.6. The second-order valence-electron chi connectivity index (χ2n) is 11.4. The molecule has 1 spiro atoms. The van der Waals surface area contributed by atoms with Crippen molar-refractivity contribution in [3.05, 3.63) is 78.4 Å². The molecule has 3 aromatic rings. The third kappa shape index (κ3) is 7.90. The lowest BCUT2D eigenvalue weighted by molar-refractivity contribution is -0.0312. The van der Waals surface area contributed by atoms with Crippen molar-refractivity contribution in [2.75, 3.05) is 39.9 Å². The van der Waals surface area contributed by atoms with Crippen LogP contribution in [0.4, 0.5) is 0 Å². The maximum Gasteiger partial charge on any atom is 0.243 e. The van der Waals surface area contributed by atoms with Gasteiger partial charge in [-0.25, -0.2) is 21.6 Å². The predicted molar refractivity (Wildman–Crippen MR) is 168 cm³/mol. The van der Waals surface area contributed by atoms with Gasteiger partial charge in [-0.05, 0) is 67.3 Å². The average Bonchev–Trinajstić information content (AvgIpc) is 3.45. The number of nitrogens with zero attached hydrogens (tertiary/aromatic N) is 2. The van der Waals surface area contributed by atoms with Gasteiger partial charge in [0.25, 0.3) is 0 Å². The first-order chi connectivity index (χ1) is 21.5. The third-order valence-electron chi connectivity index (χ3n) is 8.35. The van der Waals surface area contributed by atoms with Gasteiger partial charge in [0.1, 0.15) is 18.5 Å². The van der Waals surface area contributed by atoms with Crippen LogP contribution in [0.25, 0.3) is 11.1 Å². The highest BCUT2D eigenvalue weighted by Gasteiger charge is 2.44. The van der Waals surface area contributed by atoms with Crippen LogP contribution < -0.4 is 14.8 Å². The van der Waals surface area contributed by atoms with E-state index in [4.69, 9.17) is 14.7 Å². The first-order valence-corrected chi connectivity index (χ1v) is 17.7. The zero-order valence-corrected chi connectivity index (χ0v) is 26.7. The van der Waals surface area contributed by atoms with Crippen LogP contribution in [0, 0.1) is 11.3 Å². The Morgan fingerprint density at radius 2 is 1.73 bits per heavy atom. The van der Waals surface area contributed by atoms with Crippen molar-refractivity contribution in [3.63, 3.8) is 0 Å². The van der Waals surface area contributed by atoms with E-state index in [0.717, 1.165) is 16.7 Å². The van der Waals surface area contributed by atoms with Gasteiger partial charge in [0.05, 0.1) is 34.5 Å². The lowest BCUT2D eigenvalue weighted by atomic mass is 9.88. The summed E-state index contributed by atoms with van der Waals surface area (Å²) in [6.07, 6.45) is 1.34. The van der Waals surface area contributed by atoms with Gasteiger partial charge in [-0.1, -0.05) is 42.5 Å². The third-order valence-corrected chi connectivity index (χ3v) is 11.7. The number of nitriles is 1. The highest BCUT2D eigenvalue weighted by Crippen LogP contribution is 2.37. The molecule has 3 aromatic carbocycles. The second-order valence-corrected chi connectivity index (χ2v) is 15.2. The molecule has 3 N–H and O–H groups in total. The van der Waals surface area contributed by atoms with Crippen LogP contribution in [0.5, 0.6) is 5.75 Å². The zero-order valence-electron chi connectivity index (χ0n) is 25.1. The molecule has 2 aliphatic rings. The highest BCUT2D eigenvalue weighted by atomic mass is 32.2. The molecular weight excluding hydrogens is 617 g/mol. The van der Waals surface area contributed by atoms with Gasteiger partial charge < -0.3 is 19.9 Å². The van der Waals surface area contributed by atoms with Crippen molar-refractivity contribution in [2.24, 2.45) is 0 Å². The first-order valence-electron chi connectivity index (χ1n) is 14.8. The van der Waals surface area contributed by atoms with E-state index in [1.807, 2.05) is 30.3 Å². The minimum absolute atomic E-state index is 0.00290. The molecule has 0 saturated carbocycles. The summed E-state index contributed by atoms with van der Waals surface area (Å²) in [4.78, 5) is 0.325. The molecule has 11 nitrogen and oxygen atoms in total. The number of aliphatic hydroxyl groups excluding tert-OH is 1. The van der Waals surface area contributed by atoms with Gasteiger partial charge in [-0.3, -0.25) is 0 Å². The number of sulfonamides is 2. The molecule has 2 aliphatic heterocycles. The molecule has 0 aliphatic carbocycles. The van der Waals surface area contributed by atoms with Crippen LogP contribution in [0.2, 0.25) is 0 Å². The fourth-order valence-corrected chi connectivity index (χ4v) is 8.01. The Labute approximate surface area is 264 Å². The molecule has 0 amide bonds. The van der Waals surface area contributed by atoms with E-state index in [1.54, 1.807) is 30.3 Å². The van der Waals surface area contributed by atoms with Crippen LogP contribution in [0.1, 0.15) is 24.8 Å². The number of aliphatic hydroxyl groups is 1. The van der Waals surface area contributed by atoms with Crippen LogP contribution in [0.15, 0.2) is 82.6 Å². The molecule has 45 heavy (non-hydrogen) atoms. The van der Waals surface area contributed by atoms with Crippen molar-refractivity contribution in [3.8, 4) is 22.9 Å². The van der Waals surface area contributed by atoms with Crippen molar-refractivity contribution < 1.29 is 31.4 Å². The topological polar surface area (TPSA) is 158 Å². The first kappa shape index (κ1) is 33.0. The Bertz CT molecular complexity index is 1730. The van der Waals surface area contributed by atoms with E-state index in [9.17, 15) is 21.9 Å². The number of hydrogen-bond donors (Lipinski definition) is 3. The highest BCUT2D eigenvalue weighted by molar-refractivity contribution is 7.89. The summed E-state index contributed by atoms with van der Waals surface area (Å²) in [7, 11) is -5.96. The number of benzene rings is 3. The standard InChI is InChI=1S/C32H38N4O7S2/c1-34-44(38,39)30-6-3-5-29(19-30)42-23-28(37)21-35-27-20-32(43-22-27)13-16-36(17-14-32)45(40,41)31-7-2-4-26(18-31)25-10-8-24(9-11-25)12-15-33/h2-11,18-19,27-28,34-35,37H,12-14,16-17,20-23H2,1H3/t27?,28-/m0/s1. The average molecular weight is 655 g/mol. The quantitative estimate of drug-likeness (QED) is 0.267. The molecule has 0 aromatic heterocycles. The Balaban J connectivity index is 1.10.